The van der Waals surface area contributed by atoms with Gasteiger partial charge in [0.05, 0.1) is 10.9 Å². The third-order valence-electron chi connectivity index (χ3n) is 5.44. The van der Waals surface area contributed by atoms with E-state index in [0.717, 1.165) is 10.7 Å². The molecule has 1 fully saturated rings. The number of hydrogen-bond acceptors (Lipinski definition) is 4. The van der Waals surface area contributed by atoms with Crippen LogP contribution in [0.5, 0.6) is 0 Å². The molecular formula is C19H31N3O3S. The van der Waals surface area contributed by atoms with Gasteiger partial charge in [0.15, 0.2) is 0 Å². The van der Waals surface area contributed by atoms with Crippen LogP contribution in [0.2, 0.25) is 0 Å². The number of sulfonamides is 1. The monoisotopic (exact) mass is 381 g/mol. The van der Waals surface area contributed by atoms with Crippen LogP contribution in [0.3, 0.4) is 0 Å². The fourth-order valence-electron chi connectivity index (χ4n) is 3.41. The Morgan fingerprint density at radius 1 is 1.23 bits per heavy atom. The zero-order valence-electron chi connectivity index (χ0n) is 16.3. The number of nitrogens with one attached hydrogen (secondary N) is 2. The molecule has 0 spiro atoms. The molecule has 0 heterocycles. The summed E-state index contributed by atoms with van der Waals surface area (Å²) >= 11 is 0. The number of carbonyl (C=O) groups is 1. The molecule has 0 aliphatic heterocycles. The van der Waals surface area contributed by atoms with E-state index in [-0.39, 0.29) is 16.8 Å². The van der Waals surface area contributed by atoms with Gasteiger partial charge in [-0.05, 0) is 43.4 Å². The van der Waals surface area contributed by atoms with Crippen molar-refractivity contribution >= 4 is 21.6 Å². The first-order valence-electron chi connectivity index (χ1n) is 9.22. The number of amides is 1. The average molecular weight is 382 g/mol. The van der Waals surface area contributed by atoms with Gasteiger partial charge in [0, 0.05) is 25.8 Å². The molecule has 2 rings (SSSR count). The van der Waals surface area contributed by atoms with Gasteiger partial charge in [-0.25, -0.2) is 12.7 Å². The molecule has 146 valence electrons. The second-order valence-corrected chi connectivity index (χ2v) is 9.72. The summed E-state index contributed by atoms with van der Waals surface area (Å²) < 4.78 is 25.6. The highest BCUT2D eigenvalue weighted by Crippen LogP contribution is 2.29. The maximum absolute atomic E-state index is 12.5. The molecule has 0 bridgehead atoms. The highest BCUT2D eigenvalue weighted by atomic mass is 32.2. The minimum atomic E-state index is -3.53. The Morgan fingerprint density at radius 3 is 2.58 bits per heavy atom. The molecule has 1 saturated carbocycles. The third-order valence-corrected chi connectivity index (χ3v) is 7.26. The molecule has 0 unspecified atom stereocenters. The number of rotatable bonds is 6. The lowest BCUT2D eigenvalue weighted by molar-refractivity contribution is -0.118. The molecule has 1 amide bonds. The van der Waals surface area contributed by atoms with Gasteiger partial charge in [0.2, 0.25) is 15.9 Å². The molecule has 0 radical (unpaired) electrons. The van der Waals surface area contributed by atoms with E-state index in [9.17, 15) is 13.2 Å². The zero-order chi connectivity index (χ0) is 19.5. The summed E-state index contributed by atoms with van der Waals surface area (Å²) in [5.41, 5.74) is 0.483. The molecular weight excluding hydrogens is 350 g/mol. The van der Waals surface area contributed by atoms with Gasteiger partial charge in [-0.15, -0.1) is 0 Å². The van der Waals surface area contributed by atoms with Gasteiger partial charge in [0.25, 0.3) is 0 Å². The molecule has 2 N–H and O–H groups in total. The molecule has 4 atom stereocenters. The van der Waals surface area contributed by atoms with Crippen LogP contribution in [0, 0.1) is 11.8 Å². The quantitative estimate of drug-likeness (QED) is 0.794. The molecule has 1 aliphatic rings. The molecule has 1 aliphatic carbocycles. The predicted octanol–water partition coefficient (Wildman–Crippen LogP) is 2.68. The van der Waals surface area contributed by atoms with E-state index in [2.05, 4.69) is 24.5 Å². The van der Waals surface area contributed by atoms with E-state index in [1.807, 2.05) is 6.92 Å². The first kappa shape index (κ1) is 20.9. The lowest BCUT2D eigenvalue weighted by Crippen LogP contribution is -2.49. The van der Waals surface area contributed by atoms with E-state index >= 15 is 0 Å². The Bertz CT molecular complexity index is 733. The Morgan fingerprint density at radius 2 is 1.92 bits per heavy atom. The van der Waals surface area contributed by atoms with Crippen molar-refractivity contribution in [3.63, 3.8) is 0 Å². The summed E-state index contributed by atoms with van der Waals surface area (Å²) in [6.07, 6.45) is 3.51. The van der Waals surface area contributed by atoms with Crippen LogP contribution in [-0.4, -0.2) is 44.8 Å². The van der Waals surface area contributed by atoms with E-state index in [4.69, 9.17) is 0 Å². The molecule has 1 aromatic carbocycles. The normalized spacial score (nSPS) is 25.1. The van der Waals surface area contributed by atoms with Crippen molar-refractivity contribution in [2.45, 2.75) is 57.0 Å². The van der Waals surface area contributed by atoms with Crippen molar-refractivity contribution in [2.75, 3.05) is 19.4 Å². The third kappa shape index (κ3) is 4.84. The molecule has 6 nitrogen and oxygen atoms in total. The molecule has 1 aromatic rings. The Labute approximate surface area is 157 Å². The van der Waals surface area contributed by atoms with Crippen molar-refractivity contribution in [2.24, 2.45) is 11.8 Å². The highest BCUT2D eigenvalue weighted by Gasteiger charge is 2.29. The van der Waals surface area contributed by atoms with Gasteiger partial charge >= 0.3 is 0 Å². The van der Waals surface area contributed by atoms with Crippen LogP contribution in [0.25, 0.3) is 0 Å². The summed E-state index contributed by atoms with van der Waals surface area (Å²) in [5, 5.41) is 6.27. The summed E-state index contributed by atoms with van der Waals surface area (Å²) in [6, 6.07) is 6.34. The summed E-state index contributed by atoms with van der Waals surface area (Å²) in [5.74, 6) is 1.03. The summed E-state index contributed by atoms with van der Waals surface area (Å²) in [4.78, 5) is 12.7. The minimum absolute atomic E-state index is 0.158. The zero-order valence-corrected chi connectivity index (χ0v) is 17.1. The van der Waals surface area contributed by atoms with Crippen LogP contribution in [0.4, 0.5) is 5.69 Å². The average Bonchev–Trinajstić information content (AvgIpc) is 2.59. The lowest BCUT2D eigenvalue weighted by Gasteiger charge is -2.36. The van der Waals surface area contributed by atoms with E-state index in [1.54, 1.807) is 12.1 Å². The predicted molar refractivity (Wildman–Crippen MR) is 105 cm³/mol. The maximum atomic E-state index is 12.5. The lowest BCUT2D eigenvalue weighted by atomic mass is 9.78. The molecule has 26 heavy (non-hydrogen) atoms. The smallest absolute Gasteiger partial charge is 0.242 e. The second kappa shape index (κ2) is 8.50. The molecule has 0 saturated heterocycles. The first-order valence-corrected chi connectivity index (χ1v) is 10.7. The van der Waals surface area contributed by atoms with Gasteiger partial charge in [0.1, 0.15) is 0 Å². The van der Waals surface area contributed by atoms with Crippen molar-refractivity contribution in [1.29, 1.82) is 0 Å². The number of anilines is 1. The van der Waals surface area contributed by atoms with Gasteiger partial charge in [-0.2, -0.15) is 0 Å². The number of carbonyl (C=O) groups excluding carboxylic acids is 1. The van der Waals surface area contributed by atoms with Gasteiger partial charge in [-0.3, -0.25) is 4.79 Å². The Balaban J connectivity index is 2.03. The fraction of sp³-hybridized carbons (Fsp3) is 0.632. The van der Waals surface area contributed by atoms with Crippen molar-refractivity contribution in [3.05, 3.63) is 24.3 Å². The SMILES string of the molecule is C[C@@H]1[C@H](C)CCC[C@H]1N[C@@H](C)C(=O)Nc1cccc(S(=O)(=O)N(C)C)c1. The number of benzene rings is 1. The fourth-order valence-corrected chi connectivity index (χ4v) is 4.36. The van der Waals surface area contributed by atoms with E-state index < -0.39 is 10.0 Å². The summed E-state index contributed by atoms with van der Waals surface area (Å²) in [6.45, 7) is 6.35. The Hall–Kier alpha value is -1.44. The first-order chi connectivity index (χ1) is 12.1. The van der Waals surface area contributed by atoms with Crippen LogP contribution in [0.1, 0.15) is 40.0 Å². The highest BCUT2D eigenvalue weighted by molar-refractivity contribution is 7.89. The summed E-state index contributed by atoms with van der Waals surface area (Å²) in [7, 11) is -0.555. The van der Waals surface area contributed by atoms with E-state index in [1.165, 1.54) is 39.1 Å². The topological polar surface area (TPSA) is 78.5 Å². The number of hydrogen-bond donors (Lipinski definition) is 2. The van der Waals surface area contributed by atoms with Crippen LogP contribution >= 0.6 is 0 Å². The Kier molecular flexibility index (Phi) is 6.82. The maximum Gasteiger partial charge on any atom is 0.242 e. The second-order valence-electron chi connectivity index (χ2n) is 7.57. The van der Waals surface area contributed by atoms with Gasteiger partial charge in [-0.1, -0.05) is 32.8 Å². The van der Waals surface area contributed by atoms with E-state index in [0.29, 0.717) is 23.6 Å². The van der Waals surface area contributed by atoms with Gasteiger partial charge < -0.3 is 10.6 Å². The van der Waals surface area contributed by atoms with Crippen LogP contribution in [-0.2, 0) is 14.8 Å². The molecule has 0 aromatic heterocycles. The van der Waals surface area contributed by atoms with Crippen molar-refractivity contribution in [1.82, 2.24) is 9.62 Å². The molecule has 7 heteroatoms. The minimum Gasteiger partial charge on any atom is -0.325 e. The standard InChI is InChI=1S/C19H31N3O3S/c1-13-8-6-11-18(14(13)2)20-15(3)19(23)21-16-9-7-10-17(12-16)26(24,25)22(4)5/h7,9-10,12-15,18,20H,6,8,11H2,1-5H3,(H,21,23)/t13-,14-,15+,18-/m1/s1. The van der Waals surface area contributed by atoms with Crippen LogP contribution < -0.4 is 10.6 Å². The largest absolute Gasteiger partial charge is 0.325 e. The number of nitrogens with zero attached hydrogens (tertiary/aromatic N) is 1. The van der Waals surface area contributed by atoms with Crippen molar-refractivity contribution in [3.8, 4) is 0 Å². The van der Waals surface area contributed by atoms with Crippen LogP contribution in [0.15, 0.2) is 29.2 Å². The van der Waals surface area contributed by atoms with Crippen molar-refractivity contribution < 1.29 is 13.2 Å².